The molecule has 306 valence electrons. The highest BCUT2D eigenvalue weighted by atomic mass is 32.2. The Hall–Kier alpha value is -2.70. The van der Waals surface area contributed by atoms with Crippen molar-refractivity contribution in [1.82, 2.24) is 21.3 Å². The lowest BCUT2D eigenvalue weighted by Crippen LogP contribution is -2.66. The topological polar surface area (TPSA) is 220 Å². The van der Waals surface area contributed by atoms with Gasteiger partial charge in [-0.1, -0.05) is 34.1 Å². The van der Waals surface area contributed by atoms with Crippen molar-refractivity contribution in [2.45, 2.75) is 145 Å². The third-order valence-corrected chi connectivity index (χ3v) is 15.9. The number of nitrogens with one attached hydrogen (secondary N) is 4. The van der Waals surface area contributed by atoms with Crippen LogP contribution in [0.15, 0.2) is 0 Å². The Bertz CT molecular complexity index is 1600. The molecule has 0 aromatic rings. The maximum absolute atomic E-state index is 14.0. The molecule has 6 saturated heterocycles. The van der Waals surface area contributed by atoms with Gasteiger partial charge in [-0.05, 0) is 49.9 Å². The molecule has 2 aliphatic carbocycles. The summed E-state index contributed by atoms with van der Waals surface area (Å²) in [6.07, 6.45) is 0.169. The second-order valence-electron chi connectivity index (χ2n) is 18.0. The van der Waals surface area contributed by atoms with Gasteiger partial charge in [0, 0.05) is 42.9 Å². The fraction of sp³-hybridized carbons (Fsp3) is 0.868. The molecule has 6 aliphatic heterocycles. The van der Waals surface area contributed by atoms with Crippen molar-refractivity contribution >= 4 is 41.5 Å². The van der Waals surface area contributed by atoms with Crippen LogP contribution in [0, 0.1) is 28.1 Å². The first kappa shape index (κ1) is 39.1. The first-order valence-electron chi connectivity index (χ1n) is 20.1. The summed E-state index contributed by atoms with van der Waals surface area (Å²) in [5, 5.41) is 36.3. The number of fused-ring (bicyclic) bond motifs is 2. The first-order chi connectivity index (χ1) is 26.1. The number of carbonyl (C=O) groups excluding carboxylic acids is 5. The van der Waals surface area contributed by atoms with Crippen LogP contribution in [0.2, 0.25) is 0 Å². The van der Waals surface area contributed by atoms with E-state index in [1.54, 1.807) is 0 Å². The average Bonchev–Trinajstić information content (AvgIpc) is 3.96. The van der Waals surface area contributed by atoms with E-state index in [2.05, 4.69) is 21.3 Å². The van der Waals surface area contributed by atoms with Crippen molar-refractivity contribution in [2.75, 3.05) is 32.1 Å². The Labute approximate surface area is 324 Å². The second-order valence-corrected chi connectivity index (χ2v) is 19.2. The predicted molar refractivity (Wildman–Crippen MR) is 194 cm³/mol. The van der Waals surface area contributed by atoms with Crippen molar-refractivity contribution in [3.05, 3.63) is 0 Å². The molecule has 8 fully saturated rings. The molecule has 14 atom stereocenters. The molecule has 2 spiro atoms. The molecule has 8 rings (SSSR count). The molecule has 4 amide bonds. The van der Waals surface area contributed by atoms with Crippen LogP contribution in [0.25, 0.3) is 0 Å². The summed E-state index contributed by atoms with van der Waals surface area (Å²) in [5.74, 6) is -1.62. The van der Waals surface area contributed by atoms with E-state index in [-0.39, 0.29) is 48.7 Å². The van der Waals surface area contributed by atoms with Gasteiger partial charge in [0.15, 0.2) is 6.10 Å². The Balaban J connectivity index is 0.748. The molecule has 16 nitrogen and oxygen atoms in total. The Morgan fingerprint density at radius 1 is 0.982 bits per heavy atom. The number of esters is 2. The van der Waals surface area contributed by atoms with Gasteiger partial charge >= 0.3 is 18.0 Å². The third-order valence-electron chi connectivity index (χ3n) is 14.4. The van der Waals surface area contributed by atoms with Crippen LogP contribution in [0.4, 0.5) is 4.79 Å². The van der Waals surface area contributed by atoms with Crippen molar-refractivity contribution in [1.29, 1.82) is 0 Å². The van der Waals surface area contributed by atoms with Crippen molar-refractivity contribution in [3.8, 4) is 0 Å². The minimum atomic E-state index is -1.87. The Morgan fingerprint density at radius 2 is 1.69 bits per heavy atom. The Kier molecular flexibility index (Phi) is 9.96. The van der Waals surface area contributed by atoms with E-state index in [0.717, 1.165) is 25.0 Å². The summed E-state index contributed by atoms with van der Waals surface area (Å²) in [7, 11) is 0. The summed E-state index contributed by atoms with van der Waals surface area (Å²) in [6.45, 7) is 9.23. The van der Waals surface area contributed by atoms with Crippen LogP contribution in [0.5, 0.6) is 0 Å². The largest absolute Gasteiger partial charge is 0.459 e. The standard InChI is InChI=1S/C38H56N4O12S/c1-19-21(8-7-11-27(44)40-13-15-50-14-12-39-26(43)10-6-5-9-22-28-20(18-55-22)41-33(48)42-28)51-25-17-35-24-16-23(34(2,3)4)36(35)29(45)30(46)53-32(36)54-38(35,31(47)52-24)37(19,25)49/h19-25,28-29,32,45,49H,5-18H2,1-4H3,(H,39,43)(H,40,44)(H2,41,42,48)/t19-,20+,21+,22+,23+,24+,25-,28+,29+,32-,35+,36-,37+,38+/m1/s1. The highest BCUT2D eigenvalue weighted by molar-refractivity contribution is 8.00. The number of hydrogen-bond donors (Lipinski definition) is 6. The highest BCUT2D eigenvalue weighted by Gasteiger charge is 3.00. The summed E-state index contributed by atoms with van der Waals surface area (Å²) in [6, 6.07) is 0.304. The van der Waals surface area contributed by atoms with Gasteiger partial charge in [-0.3, -0.25) is 9.59 Å². The minimum absolute atomic E-state index is 0.0215. The van der Waals surface area contributed by atoms with Gasteiger partial charge in [0.25, 0.3) is 0 Å². The van der Waals surface area contributed by atoms with Gasteiger partial charge in [-0.15, -0.1) is 0 Å². The number of amides is 4. The fourth-order valence-corrected chi connectivity index (χ4v) is 13.7. The lowest BCUT2D eigenvalue weighted by molar-refractivity contribution is -0.238. The maximum Gasteiger partial charge on any atom is 0.342 e. The number of thioether (sulfide) groups is 1. The van der Waals surface area contributed by atoms with E-state index in [1.165, 1.54) is 0 Å². The summed E-state index contributed by atoms with van der Waals surface area (Å²) >= 11 is 1.87. The lowest BCUT2D eigenvalue weighted by Gasteiger charge is -2.47. The molecule has 6 N–H and O–H groups in total. The van der Waals surface area contributed by atoms with Gasteiger partial charge in [-0.25, -0.2) is 14.4 Å². The van der Waals surface area contributed by atoms with Gasteiger partial charge in [0.2, 0.25) is 23.7 Å². The molecule has 6 heterocycles. The predicted octanol–water partition coefficient (Wildman–Crippen LogP) is 0.647. The number of aliphatic hydroxyl groups is 2. The van der Waals surface area contributed by atoms with Crippen molar-refractivity contribution in [3.63, 3.8) is 0 Å². The van der Waals surface area contributed by atoms with E-state index >= 15 is 0 Å². The van der Waals surface area contributed by atoms with E-state index in [9.17, 15) is 34.2 Å². The maximum atomic E-state index is 14.0. The summed E-state index contributed by atoms with van der Waals surface area (Å²) in [4.78, 5) is 63.3. The van der Waals surface area contributed by atoms with E-state index in [4.69, 9.17) is 23.7 Å². The zero-order valence-corrected chi connectivity index (χ0v) is 32.9. The first-order valence-corrected chi connectivity index (χ1v) is 21.1. The number of aliphatic hydroxyl groups excluding tert-OH is 1. The number of carbonyl (C=O) groups is 5. The van der Waals surface area contributed by atoms with Crippen LogP contribution in [-0.4, -0.2) is 131 Å². The number of unbranched alkanes of at least 4 members (excludes halogenated alkanes) is 1. The SMILES string of the molecule is C[C@@H]1[C@H](CCCC(=O)NCCOCCNC(=O)CCCC[C@@H]2SC[C@@H]3NC(=O)N[C@@H]32)O[C@@H]2C[C@]34[C@@H]5C[C@@H](C(C)(C)C)[C@@]36[C@H](OC(=O)[C@@H]6O)O[C@]4(C(=O)O5)[C@]12O. The number of hydrogen-bond acceptors (Lipinski definition) is 13. The smallest absolute Gasteiger partial charge is 0.342 e. The molecular weight excluding hydrogens is 737 g/mol. The number of ether oxygens (including phenoxy) is 5. The summed E-state index contributed by atoms with van der Waals surface area (Å²) < 4.78 is 30.3. The van der Waals surface area contributed by atoms with Gasteiger partial charge in [0.05, 0.1) is 48.3 Å². The van der Waals surface area contributed by atoms with E-state index in [0.29, 0.717) is 57.2 Å². The molecule has 2 saturated carbocycles. The van der Waals surface area contributed by atoms with Gasteiger partial charge in [0.1, 0.15) is 11.7 Å². The molecule has 0 bridgehead atoms. The highest BCUT2D eigenvalue weighted by Crippen LogP contribution is 2.85. The zero-order valence-electron chi connectivity index (χ0n) is 32.1. The molecule has 0 aromatic carbocycles. The minimum Gasteiger partial charge on any atom is -0.459 e. The van der Waals surface area contributed by atoms with Gasteiger partial charge in [-0.2, -0.15) is 11.8 Å². The van der Waals surface area contributed by atoms with E-state index in [1.807, 2.05) is 39.5 Å². The molecule has 17 heteroatoms. The molecule has 0 unspecified atom stereocenters. The Morgan fingerprint density at radius 3 is 2.40 bits per heavy atom. The lowest BCUT2D eigenvalue weighted by atomic mass is 9.51. The van der Waals surface area contributed by atoms with Crippen LogP contribution >= 0.6 is 11.8 Å². The molecular formula is C38H56N4O12S. The number of rotatable bonds is 15. The monoisotopic (exact) mass is 792 g/mol. The quantitative estimate of drug-likeness (QED) is 0.0764. The summed E-state index contributed by atoms with van der Waals surface area (Å²) in [5.41, 5.74) is -6.58. The fourth-order valence-electron chi connectivity index (χ4n) is 12.2. The normalized spacial score (nSPS) is 44.3. The van der Waals surface area contributed by atoms with Crippen LogP contribution in [0.3, 0.4) is 0 Å². The van der Waals surface area contributed by atoms with Crippen LogP contribution in [-0.2, 0) is 42.9 Å². The second kappa shape index (κ2) is 14.0. The van der Waals surface area contributed by atoms with Crippen LogP contribution in [0.1, 0.15) is 85.5 Å². The molecule has 8 aliphatic rings. The third kappa shape index (κ3) is 5.52. The van der Waals surface area contributed by atoms with Crippen molar-refractivity contribution < 1.29 is 57.9 Å². The molecule has 0 aromatic heterocycles. The molecule has 0 radical (unpaired) electrons. The number of urea groups is 1. The van der Waals surface area contributed by atoms with Gasteiger partial charge < -0.3 is 55.2 Å². The average molecular weight is 793 g/mol. The zero-order chi connectivity index (χ0) is 39.1. The molecule has 55 heavy (non-hydrogen) atoms. The van der Waals surface area contributed by atoms with Crippen LogP contribution < -0.4 is 21.3 Å². The van der Waals surface area contributed by atoms with E-state index < -0.39 is 76.0 Å². The van der Waals surface area contributed by atoms with Crippen molar-refractivity contribution in [2.24, 2.45) is 28.1 Å².